The minimum atomic E-state index is -4.45. The maximum atomic E-state index is 12.2. The summed E-state index contributed by atoms with van der Waals surface area (Å²) in [6.45, 7) is -0.887. The van der Waals surface area contributed by atoms with Gasteiger partial charge < -0.3 is 20.1 Å². The lowest BCUT2D eigenvalue weighted by atomic mass is 9.99. The van der Waals surface area contributed by atoms with Crippen molar-refractivity contribution in [2.45, 2.75) is 19.0 Å². The molecule has 1 atom stereocenters. The van der Waals surface area contributed by atoms with Crippen LogP contribution in [-0.4, -0.2) is 47.9 Å². The van der Waals surface area contributed by atoms with Crippen molar-refractivity contribution in [1.82, 2.24) is 4.90 Å². The maximum absolute atomic E-state index is 12.2. The highest BCUT2D eigenvalue weighted by atomic mass is 19.4. The number of rotatable bonds is 4. The molecule has 2 N–H and O–H groups in total. The molecule has 1 aromatic carbocycles. The molecule has 1 aliphatic rings. The zero-order chi connectivity index (χ0) is 17.7. The Morgan fingerprint density at radius 1 is 1.38 bits per heavy atom. The van der Waals surface area contributed by atoms with Crippen molar-refractivity contribution in [1.29, 1.82) is 0 Å². The van der Waals surface area contributed by atoms with Gasteiger partial charge >= 0.3 is 18.2 Å². The minimum absolute atomic E-state index is 0.0211. The van der Waals surface area contributed by atoms with Gasteiger partial charge in [0.25, 0.3) is 0 Å². The highest BCUT2D eigenvalue weighted by Crippen LogP contribution is 2.22. The molecule has 0 bridgehead atoms. The van der Waals surface area contributed by atoms with Gasteiger partial charge in [0.05, 0.1) is 5.92 Å². The van der Waals surface area contributed by atoms with Crippen molar-refractivity contribution < 1.29 is 32.6 Å². The zero-order valence-electron chi connectivity index (χ0n) is 12.7. The van der Waals surface area contributed by atoms with Gasteiger partial charge in [-0.05, 0) is 25.0 Å². The second kappa shape index (κ2) is 7.41. The lowest BCUT2D eigenvalue weighted by Gasteiger charge is -2.30. The van der Waals surface area contributed by atoms with Gasteiger partial charge in [-0.25, -0.2) is 4.79 Å². The molecule has 1 heterocycles. The van der Waals surface area contributed by atoms with Crippen LogP contribution in [0.15, 0.2) is 24.3 Å². The van der Waals surface area contributed by atoms with Crippen LogP contribution >= 0.6 is 0 Å². The fourth-order valence-corrected chi connectivity index (χ4v) is 2.39. The number of benzene rings is 1. The number of nitrogens with one attached hydrogen (secondary N) is 1. The van der Waals surface area contributed by atoms with E-state index >= 15 is 0 Å². The average molecular weight is 346 g/mol. The highest BCUT2D eigenvalue weighted by Gasteiger charge is 2.29. The summed E-state index contributed by atoms with van der Waals surface area (Å²) in [6, 6.07) is 5.11. The van der Waals surface area contributed by atoms with Crippen LogP contribution in [0, 0.1) is 5.92 Å². The Morgan fingerprint density at radius 2 is 2.12 bits per heavy atom. The van der Waals surface area contributed by atoms with Crippen LogP contribution in [0.4, 0.5) is 23.7 Å². The predicted molar refractivity (Wildman–Crippen MR) is 78.9 cm³/mol. The summed E-state index contributed by atoms with van der Waals surface area (Å²) in [5.41, 5.74) is 0.275. The number of carboxylic acid groups (broad SMARTS) is 1. The normalized spacial score (nSPS) is 18.1. The number of nitrogens with zero attached hydrogens (tertiary/aromatic N) is 1. The predicted octanol–water partition coefficient (Wildman–Crippen LogP) is 2.96. The topological polar surface area (TPSA) is 78.9 Å². The highest BCUT2D eigenvalue weighted by molar-refractivity contribution is 5.90. The molecule has 0 spiro atoms. The molecule has 0 aliphatic carbocycles. The number of alkyl halides is 3. The number of amides is 2. The average Bonchev–Trinajstić information content (AvgIpc) is 2.53. The lowest BCUT2D eigenvalue weighted by Crippen LogP contribution is -2.44. The molecule has 9 heteroatoms. The third kappa shape index (κ3) is 5.32. The Morgan fingerprint density at radius 3 is 2.79 bits per heavy atom. The van der Waals surface area contributed by atoms with E-state index in [1.54, 1.807) is 0 Å². The van der Waals surface area contributed by atoms with Crippen LogP contribution in [0.1, 0.15) is 12.8 Å². The maximum Gasteiger partial charge on any atom is 0.422 e. The van der Waals surface area contributed by atoms with E-state index in [4.69, 9.17) is 5.11 Å². The van der Waals surface area contributed by atoms with Gasteiger partial charge in [-0.2, -0.15) is 13.2 Å². The van der Waals surface area contributed by atoms with Gasteiger partial charge in [-0.3, -0.25) is 4.79 Å². The Bertz CT molecular complexity index is 607. The molecule has 1 fully saturated rings. The van der Waals surface area contributed by atoms with Crippen LogP contribution in [0.5, 0.6) is 5.75 Å². The van der Waals surface area contributed by atoms with Crippen molar-refractivity contribution in [3.05, 3.63) is 24.3 Å². The molecule has 1 aliphatic heterocycles. The van der Waals surface area contributed by atoms with Crippen molar-refractivity contribution in [2.75, 3.05) is 25.0 Å². The number of carbonyl (C=O) groups excluding carboxylic acids is 1. The van der Waals surface area contributed by atoms with Gasteiger partial charge in [-0.15, -0.1) is 0 Å². The van der Waals surface area contributed by atoms with E-state index in [0.29, 0.717) is 19.4 Å². The largest absolute Gasteiger partial charge is 0.484 e. The molecule has 1 aromatic rings. The number of anilines is 1. The van der Waals surface area contributed by atoms with Gasteiger partial charge in [0.2, 0.25) is 0 Å². The fourth-order valence-electron chi connectivity index (χ4n) is 2.39. The van der Waals surface area contributed by atoms with Crippen molar-refractivity contribution in [3.63, 3.8) is 0 Å². The number of carbonyl (C=O) groups is 2. The van der Waals surface area contributed by atoms with Crippen molar-refractivity contribution >= 4 is 17.7 Å². The third-order valence-corrected chi connectivity index (χ3v) is 3.55. The van der Waals surface area contributed by atoms with E-state index in [1.807, 2.05) is 0 Å². The van der Waals surface area contributed by atoms with Crippen LogP contribution in [0.3, 0.4) is 0 Å². The fraction of sp³-hybridized carbons (Fsp3) is 0.467. The summed E-state index contributed by atoms with van der Waals surface area (Å²) in [6.07, 6.45) is -3.35. The SMILES string of the molecule is O=C(O)C1CCCN(C(=O)Nc2cccc(OCC(F)(F)F)c2)C1. The van der Waals surface area contributed by atoms with Gasteiger partial charge in [0, 0.05) is 24.8 Å². The van der Waals surface area contributed by atoms with Crippen molar-refractivity contribution in [2.24, 2.45) is 5.92 Å². The number of hydrogen-bond donors (Lipinski definition) is 2. The van der Waals surface area contributed by atoms with E-state index in [9.17, 15) is 22.8 Å². The number of carboxylic acids is 1. The summed E-state index contributed by atoms with van der Waals surface area (Å²) >= 11 is 0. The lowest BCUT2D eigenvalue weighted by molar-refractivity contribution is -0.153. The van der Waals surface area contributed by atoms with E-state index in [2.05, 4.69) is 10.1 Å². The standard InChI is InChI=1S/C15H17F3N2O4/c16-15(17,18)9-24-12-5-1-4-11(7-12)19-14(23)20-6-2-3-10(8-20)13(21)22/h1,4-5,7,10H,2-3,6,8-9H2,(H,19,23)(H,21,22). The van der Waals surface area contributed by atoms with Gasteiger partial charge in [0.15, 0.2) is 6.61 Å². The zero-order valence-corrected chi connectivity index (χ0v) is 12.7. The molecular weight excluding hydrogens is 329 g/mol. The number of ether oxygens (including phenoxy) is 1. The molecule has 24 heavy (non-hydrogen) atoms. The molecule has 0 saturated carbocycles. The molecule has 2 amide bonds. The molecule has 1 unspecified atom stereocenters. The summed E-state index contributed by atoms with van der Waals surface area (Å²) in [5.74, 6) is -1.58. The van der Waals surface area contributed by atoms with Crippen LogP contribution in [0.2, 0.25) is 0 Å². The van der Waals surface area contributed by atoms with E-state index < -0.39 is 30.7 Å². The Hall–Kier alpha value is -2.45. The molecule has 6 nitrogen and oxygen atoms in total. The summed E-state index contributed by atoms with van der Waals surface area (Å²) < 4.78 is 41.1. The molecular formula is C15H17F3N2O4. The van der Waals surface area contributed by atoms with E-state index in [-0.39, 0.29) is 18.0 Å². The number of hydrogen-bond acceptors (Lipinski definition) is 3. The van der Waals surface area contributed by atoms with E-state index in [0.717, 1.165) is 0 Å². The Balaban J connectivity index is 1.95. The minimum Gasteiger partial charge on any atom is -0.484 e. The van der Waals surface area contributed by atoms with Gasteiger partial charge in [0.1, 0.15) is 5.75 Å². The van der Waals surface area contributed by atoms with Crippen molar-refractivity contribution in [3.8, 4) is 5.75 Å². The second-order valence-corrected chi connectivity index (χ2v) is 5.49. The monoisotopic (exact) mass is 346 g/mol. The first kappa shape index (κ1) is 17.9. The molecule has 132 valence electrons. The number of piperidine rings is 1. The molecule has 1 saturated heterocycles. The summed E-state index contributed by atoms with van der Waals surface area (Å²) in [7, 11) is 0. The number of urea groups is 1. The van der Waals surface area contributed by atoms with Crippen LogP contribution in [-0.2, 0) is 4.79 Å². The summed E-state index contributed by atoms with van der Waals surface area (Å²) in [5, 5.41) is 11.6. The van der Waals surface area contributed by atoms with Crippen LogP contribution in [0.25, 0.3) is 0 Å². The van der Waals surface area contributed by atoms with Gasteiger partial charge in [-0.1, -0.05) is 6.07 Å². The summed E-state index contributed by atoms with van der Waals surface area (Å²) in [4.78, 5) is 24.6. The smallest absolute Gasteiger partial charge is 0.422 e. The molecule has 2 rings (SSSR count). The third-order valence-electron chi connectivity index (χ3n) is 3.55. The number of likely N-dealkylation sites (tertiary alicyclic amines) is 1. The first-order chi connectivity index (χ1) is 11.2. The first-order valence-corrected chi connectivity index (χ1v) is 7.33. The number of halogens is 3. The first-order valence-electron chi connectivity index (χ1n) is 7.33. The Labute approximate surface area is 136 Å². The second-order valence-electron chi connectivity index (χ2n) is 5.49. The molecule has 0 aromatic heterocycles. The van der Waals surface area contributed by atoms with E-state index in [1.165, 1.54) is 29.2 Å². The quantitative estimate of drug-likeness (QED) is 0.879. The molecule has 0 radical (unpaired) electrons. The number of aliphatic carboxylic acids is 1. The van der Waals surface area contributed by atoms with Crippen LogP contribution < -0.4 is 10.1 Å². The Kier molecular flexibility index (Phi) is 5.53.